The number of rotatable bonds is 2. The van der Waals surface area contributed by atoms with Crippen LogP contribution in [0.3, 0.4) is 0 Å². The molecule has 10 nitrogen and oxygen atoms in total. The Morgan fingerprint density at radius 2 is 1.15 bits per heavy atom. The molecule has 10 unspecified atom stereocenters. The van der Waals surface area contributed by atoms with Gasteiger partial charge in [-0.3, -0.25) is 0 Å². The molecule has 10 atom stereocenters. The molecule has 0 aliphatic carbocycles. The van der Waals surface area contributed by atoms with Gasteiger partial charge in [-0.1, -0.05) is 35.3 Å². The normalized spacial score (nSPS) is 37.8. The molecule has 2 saturated heterocycles. The van der Waals surface area contributed by atoms with Gasteiger partial charge >= 0.3 is 0 Å². The van der Waals surface area contributed by atoms with E-state index in [9.17, 15) is 40.9 Å². The van der Waals surface area contributed by atoms with Crippen LogP contribution in [0.1, 0.15) is 16.7 Å². The molecule has 186 valence electrons. The second-order valence-electron chi connectivity index (χ2n) is 8.18. The van der Waals surface area contributed by atoms with Crippen molar-refractivity contribution in [3.8, 4) is 23.7 Å². The van der Waals surface area contributed by atoms with E-state index in [1.54, 1.807) is 13.0 Å². The number of hydrogen-bond donors (Lipinski definition) is 8. The third-order valence-corrected chi connectivity index (χ3v) is 6.11. The van der Waals surface area contributed by atoms with Crippen LogP contribution in [0.5, 0.6) is 0 Å². The first-order valence-corrected chi connectivity index (χ1v) is 10.9. The molecule has 1 aromatic carbocycles. The molecule has 0 saturated carbocycles. The lowest BCUT2D eigenvalue weighted by Gasteiger charge is -2.37. The Kier molecular flexibility index (Phi) is 8.93. The van der Waals surface area contributed by atoms with Crippen LogP contribution in [0.4, 0.5) is 0 Å². The summed E-state index contributed by atoms with van der Waals surface area (Å²) in [5, 5.41) is 78.4. The van der Waals surface area contributed by atoms with Gasteiger partial charge in [0.1, 0.15) is 61.0 Å². The first kappa shape index (κ1) is 26.8. The molecular formula is C23H27ClO10. The van der Waals surface area contributed by atoms with Crippen LogP contribution in [-0.2, 0) is 9.47 Å². The van der Waals surface area contributed by atoms with Crippen molar-refractivity contribution in [3.05, 3.63) is 33.8 Å². The molecule has 34 heavy (non-hydrogen) atoms. The highest BCUT2D eigenvalue weighted by molar-refractivity contribution is 6.31. The highest BCUT2D eigenvalue weighted by atomic mass is 35.5. The minimum atomic E-state index is -1.54. The molecule has 3 rings (SSSR count). The van der Waals surface area contributed by atoms with E-state index >= 15 is 0 Å². The fourth-order valence-electron chi connectivity index (χ4n) is 3.65. The summed E-state index contributed by atoms with van der Waals surface area (Å²) < 4.78 is 10.7. The molecule has 0 aromatic heterocycles. The van der Waals surface area contributed by atoms with Crippen LogP contribution in [-0.4, -0.2) is 115 Å². The first-order chi connectivity index (χ1) is 16.1. The molecule has 2 fully saturated rings. The topological polar surface area (TPSA) is 180 Å². The van der Waals surface area contributed by atoms with Crippen molar-refractivity contribution >= 4 is 11.6 Å². The largest absolute Gasteiger partial charge is 0.394 e. The van der Waals surface area contributed by atoms with E-state index in [0.29, 0.717) is 16.7 Å². The third-order valence-electron chi connectivity index (χ3n) is 5.80. The molecule has 1 aromatic rings. The van der Waals surface area contributed by atoms with Gasteiger partial charge in [0.15, 0.2) is 0 Å². The number of aryl methyl sites for hydroxylation is 1. The van der Waals surface area contributed by atoms with E-state index in [4.69, 9.17) is 21.1 Å². The summed E-state index contributed by atoms with van der Waals surface area (Å²) in [6, 6.07) is 3.14. The lowest BCUT2D eigenvalue weighted by Crippen LogP contribution is -2.58. The number of halogens is 1. The molecule has 11 heteroatoms. The number of aliphatic hydroxyl groups excluding tert-OH is 8. The fraction of sp³-hybridized carbons (Fsp3) is 0.565. The van der Waals surface area contributed by atoms with E-state index in [2.05, 4.69) is 23.7 Å². The number of hydrogen-bond acceptors (Lipinski definition) is 10. The van der Waals surface area contributed by atoms with Gasteiger partial charge in [0.05, 0.1) is 18.2 Å². The van der Waals surface area contributed by atoms with Crippen LogP contribution in [0.25, 0.3) is 0 Å². The van der Waals surface area contributed by atoms with E-state index in [1.165, 1.54) is 6.07 Å². The summed E-state index contributed by atoms with van der Waals surface area (Å²) in [5.74, 6) is 10.9. The van der Waals surface area contributed by atoms with Crippen LogP contribution >= 0.6 is 11.6 Å². The lowest BCUT2D eigenvalue weighted by atomic mass is 9.95. The minimum Gasteiger partial charge on any atom is -0.394 e. The van der Waals surface area contributed by atoms with Crippen molar-refractivity contribution in [2.24, 2.45) is 0 Å². The molecule has 2 heterocycles. The maximum Gasteiger partial charge on any atom is 0.147 e. The third kappa shape index (κ3) is 5.55. The van der Waals surface area contributed by atoms with Crippen LogP contribution in [0, 0.1) is 30.6 Å². The molecule has 2 aliphatic heterocycles. The Morgan fingerprint density at radius 3 is 1.59 bits per heavy atom. The standard InChI is InChI=1S/C23H27ClO10/c1-10-6-12(3-5-15-19(28)23(32)21(30)17(9-26)34-15)13(24)7-11(10)2-4-14-18(27)22(31)20(29)16(8-25)33-14/h6-7,14-23,25-32H,8-9H2,1H3. The first-order valence-electron chi connectivity index (χ1n) is 10.5. The summed E-state index contributed by atoms with van der Waals surface area (Å²) in [7, 11) is 0. The van der Waals surface area contributed by atoms with Crippen molar-refractivity contribution < 1.29 is 50.3 Å². The maximum absolute atomic E-state index is 10.1. The van der Waals surface area contributed by atoms with Gasteiger partial charge in [0.2, 0.25) is 0 Å². The highest BCUT2D eigenvalue weighted by Crippen LogP contribution is 2.24. The van der Waals surface area contributed by atoms with Crippen LogP contribution < -0.4 is 0 Å². The predicted molar refractivity (Wildman–Crippen MR) is 117 cm³/mol. The maximum atomic E-state index is 10.1. The Balaban J connectivity index is 1.80. The smallest absolute Gasteiger partial charge is 0.147 e. The van der Waals surface area contributed by atoms with Gasteiger partial charge in [0, 0.05) is 11.1 Å². The molecular weight excluding hydrogens is 472 g/mol. The Bertz CT molecular complexity index is 911. The van der Waals surface area contributed by atoms with Crippen molar-refractivity contribution in [2.45, 2.75) is 68.0 Å². The monoisotopic (exact) mass is 498 g/mol. The summed E-state index contributed by atoms with van der Waals surface area (Å²) in [6.45, 7) is 0.604. The van der Waals surface area contributed by atoms with Crippen molar-refractivity contribution in [3.63, 3.8) is 0 Å². The van der Waals surface area contributed by atoms with Crippen molar-refractivity contribution in [1.29, 1.82) is 0 Å². The summed E-state index contributed by atoms with van der Waals surface area (Å²) in [4.78, 5) is 0. The zero-order valence-electron chi connectivity index (χ0n) is 18.1. The van der Waals surface area contributed by atoms with Crippen LogP contribution in [0.15, 0.2) is 12.1 Å². The summed E-state index contributed by atoms with van der Waals surface area (Å²) >= 11 is 6.31. The Morgan fingerprint density at radius 1 is 0.706 bits per heavy atom. The summed E-state index contributed by atoms with van der Waals surface area (Å²) in [6.07, 6.45) is -13.5. The predicted octanol–water partition coefficient (Wildman–Crippen LogP) is -2.96. The average molecular weight is 499 g/mol. The molecule has 0 spiro atoms. The van der Waals surface area contributed by atoms with E-state index in [-0.39, 0.29) is 5.02 Å². The summed E-state index contributed by atoms with van der Waals surface area (Å²) in [5.41, 5.74) is 1.49. The minimum absolute atomic E-state index is 0.209. The van der Waals surface area contributed by atoms with Gasteiger partial charge in [-0.2, -0.15) is 0 Å². The number of aliphatic hydroxyl groups is 8. The van der Waals surface area contributed by atoms with Gasteiger partial charge in [-0.05, 0) is 24.6 Å². The van der Waals surface area contributed by atoms with Gasteiger partial charge in [-0.15, -0.1) is 0 Å². The van der Waals surface area contributed by atoms with Crippen molar-refractivity contribution in [1.82, 2.24) is 0 Å². The average Bonchev–Trinajstić information content (AvgIpc) is 2.82. The second kappa shape index (κ2) is 11.3. The van der Waals surface area contributed by atoms with Crippen LogP contribution in [0.2, 0.25) is 5.02 Å². The lowest BCUT2D eigenvalue weighted by molar-refractivity contribution is -0.214. The van der Waals surface area contributed by atoms with Gasteiger partial charge in [-0.25, -0.2) is 0 Å². The molecule has 0 bridgehead atoms. The molecule has 0 radical (unpaired) electrons. The van der Waals surface area contributed by atoms with E-state index in [1.807, 2.05) is 0 Å². The second-order valence-corrected chi connectivity index (χ2v) is 8.59. The highest BCUT2D eigenvalue weighted by Gasteiger charge is 2.43. The molecule has 0 amide bonds. The van der Waals surface area contributed by atoms with Crippen molar-refractivity contribution in [2.75, 3.05) is 13.2 Å². The molecule has 8 N–H and O–H groups in total. The quantitative estimate of drug-likeness (QED) is 0.196. The number of benzene rings is 1. The number of ether oxygens (including phenoxy) is 2. The zero-order chi connectivity index (χ0) is 25.2. The Hall–Kier alpha value is -1.77. The van der Waals surface area contributed by atoms with E-state index in [0.717, 1.165) is 0 Å². The van der Waals surface area contributed by atoms with E-state index < -0.39 is 74.3 Å². The van der Waals surface area contributed by atoms with Gasteiger partial charge < -0.3 is 50.3 Å². The molecule has 2 aliphatic rings. The Labute approximate surface area is 201 Å². The SMILES string of the molecule is Cc1cc(C#CC2OC(CO)C(O)C(O)C2O)c(Cl)cc1C#CC1OC(CO)C(O)C(O)C1O. The fourth-order valence-corrected chi connectivity index (χ4v) is 3.86. The van der Waals surface area contributed by atoms with Gasteiger partial charge in [0.25, 0.3) is 0 Å². The zero-order valence-corrected chi connectivity index (χ0v) is 18.9.